The molecule has 1 aliphatic carbocycles. The van der Waals surface area contributed by atoms with Crippen LogP contribution in [0.2, 0.25) is 4.34 Å². The molecular weight excluding hydrogens is 292 g/mol. The van der Waals surface area contributed by atoms with Crippen LogP contribution < -0.4 is 0 Å². The topological polar surface area (TPSA) is 0 Å². The number of alkyl halides is 1. The molecule has 1 fully saturated rings. The van der Waals surface area contributed by atoms with E-state index in [2.05, 4.69) is 35.8 Å². The number of thiophene rings is 1. The fourth-order valence-electron chi connectivity index (χ4n) is 2.44. The fourth-order valence-corrected chi connectivity index (χ4v) is 4.91. The minimum atomic E-state index is 0.506. The molecule has 0 radical (unpaired) electrons. The lowest BCUT2D eigenvalue weighted by atomic mass is 9.94. The molecule has 0 saturated heterocycles. The van der Waals surface area contributed by atoms with Crippen LogP contribution in [0.15, 0.2) is 6.07 Å². The normalized spacial score (nSPS) is 28.3. The predicted octanol–water partition coefficient (Wildman–Crippen LogP) is 5.58. The highest BCUT2D eigenvalue weighted by Gasteiger charge is 2.31. The Morgan fingerprint density at radius 3 is 2.73 bits per heavy atom. The first-order valence-corrected chi connectivity index (χ1v) is 7.60. The van der Waals surface area contributed by atoms with Crippen molar-refractivity contribution in [2.45, 2.75) is 37.9 Å². The van der Waals surface area contributed by atoms with Crippen LogP contribution in [0.1, 0.15) is 41.5 Å². The fraction of sp³-hybridized carbons (Fsp3) is 0.667. The van der Waals surface area contributed by atoms with Gasteiger partial charge in [-0.15, -0.1) is 11.3 Å². The molecule has 3 heteroatoms. The van der Waals surface area contributed by atoms with E-state index in [1.165, 1.54) is 29.7 Å². The van der Waals surface area contributed by atoms with Crippen LogP contribution in [0.4, 0.5) is 0 Å². The quantitative estimate of drug-likeness (QED) is 0.625. The summed E-state index contributed by atoms with van der Waals surface area (Å²) in [4.78, 5) is 1.91. The standard InChI is InChI=1S/C12H16BrClS/c1-7-4-3-5-9(7)11(13)10-6-8(2)12(14)15-10/h6-7,9,11H,3-5H2,1-2H3. The third-order valence-electron chi connectivity index (χ3n) is 3.45. The summed E-state index contributed by atoms with van der Waals surface area (Å²) in [6.45, 7) is 4.45. The summed E-state index contributed by atoms with van der Waals surface area (Å²) in [6.07, 6.45) is 4.11. The van der Waals surface area contributed by atoms with Crippen molar-refractivity contribution in [3.63, 3.8) is 0 Å². The average Bonchev–Trinajstić information content (AvgIpc) is 2.74. The summed E-state index contributed by atoms with van der Waals surface area (Å²) in [5.41, 5.74) is 1.21. The van der Waals surface area contributed by atoms with Gasteiger partial charge in [-0.2, -0.15) is 0 Å². The second-order valence-electron chi connectivity index (χ2n) is 4.58. The molecule has 1 heterocycles. The molecular formula is C12H16BrClS. The van der Waals surface area contributed by atoms with Crippen LogP contribution in [0.5, 0.6) is 0 Å². The van der Waals surface area contributed by atoms with Gasteiger partial charge in [0.05, 0.1) is 9.16 Å². The van der Waals surface area contributed by atoms with Gasteiger partial charge in [0.2, 0.25) is 0 Å². The van der Waals surface area contributed by atoms with Gasteiger partial charge in [0.1, 0.15) is 0 Å². The van der Waals surface area contributed by atoms with Crippen molar-refractivity contribution in [3.05, 3.63) is 20.8 Å². The molecule has 15 heavy (non-hydrogen) atoms. The minimum Gasteiger partial charge on any atom is -0.127 e. The van der Waals surface area contributed by atoms with Crippen molar-refractivity contribution in [2.75, 3.05) is 0 Å². The molecule has 84 valence electrons. The molecule has 0 spiro atoms. The Balaban J connectivity index is 2.16. The molecule has 0 aliphatic heterocycles. The Labute approximate surface area is 109 Å². The van der Waals surface area contributed by atoms with Crippen molar-refractivity contribution in [3.8, 4) is 0 Å². The van der Waals surface area contributed by atoms with Gasteiger partial charge < -0.3 is 0 Å². The monoisotopic (exact) mass is 306 g/mol. The summed E-state index contributed by atoms with van der Waals surface area (Å²) in [5.74, 6) is 1.63. The van der Waals surface area contributed by atoms with Crippen molar-refractivity contribution in [1.29, 1.82) is 0 Å². The zero-order valence-electron chi connectivity index (χ0n) is 9.09. The van der Waals surface area contributed by atoms with E-state index in [-0.39, 0.29) is 0 Å². The Morgan fingerprint density at radius 2 is 2.27 bits per heavy atom. The second-order valence-corrected chi connectivity index (χ2v) is 7.25. The second kappa shape index (κ2) is 4.77. The van der Waals surface area contributed by atoms with Crippen molar-refractivity contribution < 1.29 is 0 Å². The number of hydrogen-bond donors (Lipinski definition) is 0. The first-order chi connectivity index (χ1) is 7.09. The summed E-state index contributed by atoms with van der Waals surface area (Å²) in [6, 6.07) is 2.23. The Kier molecular flexibility index (Phi) is 3.79. The first-order valence-electron chi connectivity index (χ1n) is 5.49. The molecule has 1 aliphatic rings. The largest absolute Gasteiger partial charge is 0.127 e. The van der Waals surface area contributed by atoms with Gasteiger partial charge in [0.25, 0.3) is 0 Å². The highest BCUT2D eigenvalue weighted by atomic mass is 79.9. The van der Waals surface area contributed by atoms with Crippen LogP contribution >= 0.6 is 38.9 Å². The van der Waals surface area contributed by atoms with E-state index in [4.69, 9.17) is 11.6 Å². The van der Waals surface area contributed by atoms with Gasteiger partial charge in [-0.05, 0) is 36.8 Å². The van der Waals surface area contributed by atoms with Crippen molar-refractivity contribution >= 4 is 38.9 Å². The Bertz CT molecular complexity index is 328. The Morgan fingerprint density at radius 1 is 1.53 bits per heavy atom. The lowest BCUT2D eigenvalue weighted by Gasteiger charge is -2.20. The van der Waals surface area contributed by atoms with Gasteiger partial charge in [-0.1, -0.05) is 47.3 Å². The zero-order valence-corrected chi connectivity index (χ0v) is 12.3. The van der Waals surface area contributed by atoms with E-state index < -0.39 is 0 Å². The van der Waals surface area contributed by atoms with Crippen LogP contribution in [-0.2, 0) is 0 Å². The molecule has 1 aromatic heterocycles. The smallest absolute Gasteiger partial charge is 0.0960 e. The maximum absolute atomic E-state index is 6.11. The van der Waals surface area contributed by atoms with E-state index in [0.29, 0.717) is 4.83 Å². The van der Waals surface area contributed by atoms with E-state index in [0.717, 1.165) is 16.2 Å². The van der Waals surface area contributed by atoms with E-state index in [9.17, 15) is 0 Å². The van der Waals surface area contributed by atoms with Gasteiger partial charge >= 0.3 is 0 Å². The van der Waals surface area contributed by atoms with Crippen LogP contribution in [0, 0.1) is 18.8 Å². The molecule has 3 atom stereocenters. The average molecular weight is 308 g/mol. The minimum absolute atomic E-state index is 0.506. The predicted molar refractivity (Wildman–Crippen MR) is 72.2 cm³/mol. The van der Waals surface area contributed by atoms with Gasteiger partial charge in [-0.25, -0.2) is 0 Å². The van der Waals surface area contributed by atoms with Gasteiger partial charge in [-0.3, -0.25) is 0 Å². The molecule has 1 saturated carbocycles. The maximum atomic E-state index is 6.11. The SMILES string of the molecule is Cc1cc(C(Br)C2CCCC2C)sc1Cl. The number of hydrogen-bond acceptors (Lipinski definition) is 1. The van der Waals surface area contributed by atoms with Crippen LogP contribution in [0.3, 0.4) is 0 Å². The van der Waals surface area contributed by atoms with Crippen LogP contribution in [-0.4, -0.2) is 0 Å². The number of halogens is 2. The summed E-state index contributed by atoms with van der Waals surface area (Å²) in [7, 11) is 0. The summed E-state index contributed by atoms with van der Waals surface area (Å²) in [5, 5.41) is 0. The van der Waals surface area contributed by atoms with Crippen molar-refractivity contribution in [2.24, 2.45) is 11.8 Å². The lowest BCUT2D eigenvalue weighted by molar-refractivity contribution is 0.417. The third kappa shape index (κ3) is 2.42. The number of aryl methyl sites for hydroxylation is 1. The highest BCUT2D eigenvalue weighted by Crippen LogP contribution is 2.47. The summed E-state index contributed by atoms with van der Waals surface area (Å²) < 4.78 is 0.945. The molecule has 0 nitrogen and oxygen atoms in total. The molecule has 2 rings (SSSR count). The third-order valence-corrected chi connectivity index (χ3v) is 6.57. The lowest BCUT2D eigenvalue weighted by Crippen LogP contribution is -2.09. The summed E-state index contributed by atoms with van der Waals surface area (Å²) >= 11 is 11.7. The molecule has 0 amide bonds. The van der Waals surface area contributed by atoms with Gasteiger partial charge in [0, 0.05) is 4.88 Å². The molecule has 1 aromatic rings. The zero-order chi connectivity index (χ0) is 11.0. The Hall–Kier alpha value is 0.470. The molecule has 0 N–H and O–H groups in total. The highest BCUT2D eigenvalue weighted by molar-refractivity contribution is 9.09. The maximum Gasteiger partial charge on any atom is 0.0960 e. The molecule has 3 unspecified atom stereocenters. The number of rotatable bonds is 2. The van der Waals surface area contributed by atoms with E-state index >= 15 is 0 Å². The van der Waals surface area contributed by atoms with Gasteiger partial charge in [0.15, 0.2) is 0 Å². The molecule has 0 aromatic carbocycles. The first kappa shape index (κ1) is 11.9. The van der Waals surface area contributed by atoms with Crippen LogP contribution in [0.25, 0.3) is 0 Å². The molecule has 0 bridgehead atoms. The van der Waals surface area contributed by atoms with E-state index in [1.54, 1.807) is 11.3 Å². The van der Waals surface area contributed by atoms with Crippen molar-refractivity contribution in [1.82, 2.24) is 0 Å². The van der Waals surface area contributed by atoms with E-state index in [1.807, 2.05) is 0 Å².